The van der Waals surface area contributed by atoms with Crippen LogP contribution in [0.1, 0.15) is 24.6 Å². The van der Waals surface area contributed by atoms with E-state index in [9.17, 15) is 0 Å². The van der Waals surface area contributed by atoms with E-state index in [1.165, 1.54) is 11.1 Å². The van der Waals surface area contributed by atoms with Gasteiger partial charge in [0.25, 0.3) is 0 Å². The van der Waals surface area contributed by atoms with Crippen LogP contribution in [0.15, 0.2) is 48.2 Å². The molecule has 0 atom stereocenters. The summed E-state index contributed by atoms with van der Waals surface area (Å²) in [5.74, 6) is 0. The number of aromatic nitrogens is 3. The summed E-state index contributed by atoms with van der Waals surface area (Å²) >= 11 is 0. The number of allylic oxidation sites excluding steroid dienone is 1. The number of aryl methyl sites for hydroxylation is 1. The number of rotatable bonds is 6. The Morgan fingerprint density at radius 1 is 1.32 bits per heavy atom. The molecule has 1 heterocycles. The molecule has 0 spiro atoms. The van der Waals surface area contributed by atoms with Crippen LogP contribution in [0.4, 0.5) is 0 Å². The summed E-state index contributed by atoms with van der Waals surface area (Å²) < 4.78 is 1.86. The normalized spacial score (nSPS) is 11.8. The summed E-state index contributed by atoms with van der Waals surface area (Å²) in [5.41, 5.74) is 3.39. The van der Waals surface area contributed by atoms with Crippen molar-refractivity contribution < 1.29 is 5.11 Å². The lowest BCUT2D eigenvalue weighted by atomic mass is 10.1. The van der Waals surface area contributed by atoms with Crippen LogP contribution in [0.2, 0.25) is 0 Å². The largest absolute Gasteiger partial charge is 0.392 e. The molecule has 0 aliphatic carbocycles. The zero-order valence-electron chi connectivity index (χ0n) is 11.2. The fourth-order valence-corrected chi connectivity index (χ4v) is 1.88. The van der Waals surface area contributed by atoms with Gasteiger partial charge in [0.1, 0.15) is 0 Å². The van der Waals surface area contributed by atoms with Gasteiger partial charge < -0.3 is 5.11 Å². The predicted molar refractivity (Wildman–Crippen MR) is 74.7 cm³/mol. The summed E-state index contributed by atoms with van der Waals surface area (Å²) in [5, 5.41) is 17.1. The Labute approximate surface area is 113 Å². The third-order valence-corrected chi connectivity index (χ3v) is 2.99. The van der Waals surface area contributed by atoms with E-state index >= 15 is 0 Å². The Hall–Kier alpha value is -1.94. The van der Waals surface area contributed by atoms with Gasteiger partial charge in [-0.05, 0) is 25.3 Å². The molecular weight excluding hydrogens is 238 g/mol. The molecule has 2 rings (SSSR count). The summed E-state index contributed by atoms with van der Waals surface area (Å²) in [6, 6.07) is 10.2. The van der Waals surface area contributed by atoms with Crippen LogP contribution >= 0.6 is 0 Å². The second-order valence-corrected chi connectivity index (χ2v) is 4.63. The zero-order chi connectivity index (χ0) is 13.5. The lowest BCUT2D eigenvalue weighted by Crippen LogP contribution is -1.99. The van der Waals surface area contributed by atoms with Gasteiger partial charge in [-0.2, -0.15) is 0 Å². The van der Waals surface area contributed by atoms with Gasteiger partial charge in [-0.3, -0.25) is 0 Å². The molecule has 0 aliphatic heterocycles. The van der Waals surface area contributed by atoms with Crippen LogP contribution in [-0.2, 0) is 13.0 Å². The first-order valence-electron chi connectivity index (χ1n) is 6.47. The van der Waals surface area contributed by atoms with Crippen molar-refractivity contribution in [1.29, 1.82) is 0 Å². The van der Waals surface area contributed by atoms with Crippen molar-refractivity contribution in [2.24, 2.45) is 0 Å². The molecule has 100 valence electrons. The van der Waals surface area contributed by atoms with Crippen LogP contribution in [0.3, 0.4) is 0 Å². The molecule has 19 heavy (non-hydrogen) atoms. The maximum absolute atomic E-state index is 8.79. The minimum atomic E-state index is 0.104. The highest BCUT2D eigenvalue weighted by molar-refractivity contribution is 5.15. The minimum Gasteiger partial charge on any atom is -0.392 e. The summed E-state index contributed by atoms with van der Waals surface area (Å²) in [6.07, 6.45) is 5.58. The molecule has 4 heteroatoms. The van der Waals surface area contributed by atoms with E-state index in [0.717, 1.165) is 25.1 Å². The zero-order valence-corrected chi connectivity index (χ0v) is 11.2. The van der Waals surface area contributed by atoms with Gasteiger partial charge in [0.2, 0.25) is 0 Å². The maximum atomic E-state index is 8.79. The summed E-state index contributed by atoms with van der Waals surface area (Å²) in [6.45, 7) is 2.87. The number of nitrogens with zero attached hydrogens (tertiary/aromatic N) is 3. The Morgan fingerprint density at radius 2 is 2.11 bits per heavy atom. The highest BCUT2D eigenvalue weighted by atomic mass is 16.2. The van der Waals surface area contributed by atoms with Gasteiger partial charge in [-0.1, -0.05) is 47.2 Å². The molecule has 1 aromatic heterocycles. The molecule has 1 N–H and O–H groups in total. The molecule has 0 saturated heterocycles. The number of benzene rings is 1. The third kappa shape index (κ3) is 4.34. The van der Waals surface area contributed by atoms with Gasteiger partial charge in [-0.15, -0.1) is 5.10 Å². The molecule has 0 amide bonds. The van der Waals surface area contributed by atoms with Crippen molar-refractivity contribution in [1.82, 2.24) is 15.0 Å². The Bertz CT molecular complexity index is 531. The summed E-state index contributed by atoms with van der Waals surface area (Å²) in [4.78, 5) is 0. The molecule has 0 unspecified atom stereocenters. The number of aliphatic hydroxyl groups excluding tert-OH is 1. The van der Waals surface area contributed by atoms with E-state index in [4.69, 9.17) is 5.11 Å². The van der Waals surface area contributed by atoms with Crippen molar-refractivity contribution in [2.75, 3.05) is 6.61 Å². The predicted octanol–water partition coefficient (Wildman–Crippen LogP) is 2.20. The standard InChI is InChI=1S/C15H19N3O/c1-13(9-10-19)7-8-15-12-18(17-16-15)11-14-5-3-2-4-6-14/h2-6,9,12,19H,7-8,10-11H2,1H3/b13-9+. The minimum absolute atomic E-state index is 0.104. The molecule has 0 radical (unpaired) electrons. The van der Waals surface area contributed by atoms with E-state index in [-0.39, 0.29) is 6.61 Å². The van der Waals surface area contributed by atoms with Gasteiger partial charge in [0.15, 0.2) is 0 Å². The number of aliphatic hydroxyl groups is 1. The number of hydrogen-bond donors (Lipinski definition) is 1. The lowest BCUT2D eigenvalue weighted by molar-refractivity contribution is 0.341. The fourth-order valence-electron chi connectivity index (χ4n) is 1.88. The molecule has 4 nitrogen and oxygen atoms in total. The Balaban J connectivity index is 1.90. The Kier molecular flexibility index (Phi) is 4.86. The van der Waals surface area contributed by atoms with Crippen LogP contribution < -0.4 is 0 Å². The summed E-state index contributed by atoms with van der Waals surface area (Å²) in [7, 11) is 0. The third-order valence-electron chi connectivity index (χ3n) is 2.99. The van der Waals surface area contributed by atoms with Gasteiger partial charge in [0.05, 0.1) is 18.8 Å². The molecule has 0 fully saturated rings. The first-order chi connectivity index (χ1) is 9.28. The van der Waals surface area contributed by atoms with Gasteiger partial charge >= 0.3 is 0 Å². The quantitative estimate of drug-likeness (QED) is 0.807. The van der Waals surface area contributed by atoms with Crippen molar-refractivity contribution >= 4 is 0 Å². The molecule has 1 aromatic carbocycles. The number of hydrogen-bond acceptors (Lipinski definition) is 3. The topological polar surface area (TPSA) is 50.9 Å². The lowest BCUT2D eigenvalue weighted by Gasteiger charge is -1.99. The highest BCUT2D eigenvalue weighted by Crippen LogP contribution is 2.07. The van der Waals surface area contributed by atoms with E-state index in [1.54, 1.807) is 0 Å². The van der Waals surface area contributed by atoms with Crippen LogP contribution in [0, 0.1) is 0 Å². The van der Waals surface area contributed by atoms with Crippen molar-refractivity contribution in [3.05, 3.63) is 59.4 Å². The first-order valence-corrected chi connectivity index (χ1v) is 6.47. The van der Waals surface area contributed by atoms with E-state index in [1.807, 2.05) is 42.1 Å². The smallest absolute Gasteiger partial charge is 0.0830 e. The van der Waals surface area contributed by atoms with Gasteiger partial charge in [0, 0.05) is 6.20 Å². The van der Waals surface area contributed by atoms with Crippen molar-refractivity contribution in [3.63, 3.8) is 0 Å². The average molecular weight is 257 g/mol. The molecule has 0 bridgehead atoms. The molecule has 2 aromatic rings. The maximum Gasteiger partial charge on any atom is 0.0830 e. The average Bonchev–Trinajstić information content (AvgIpc) is 2.86. The van der Waals surface area contributed by atoms with E-state index < -0.39 is 0 Å². The van der Waals surface area contributed by atoms with Crippen molar-refractivity contribution in [2.45, 2.75) is 26.3 Å². The first kappa shape index (κ1) is 13.5. The second kappa shape index (κ2) is 6.85. The van der Waals surface area contributed by atoms with E-state index in [2.05, 4.69) is 22.4 Å². The van der Waals surface area contributed by atoms with Crippen molar-refractivity contribution in [3.8, 4) is 0 Å². The molecular formula is C15H19N3O. The molecule has 0 aliphatic rings. The van der Waals surface area contributed by atoms with Crippen LogP contribution in [0.25, 0.3) is 0 Å². The van der Waals surface area contributed by atoms with Gasteiger partial charge in [-0.25, -0.2) is 4.68 Å². The highest BCUT2D eigenvalue weighted by Gasteiger charge is 2.02. The fraction of sp³-hybridized carbons (Fsp3) is 0.333. The van der Waals surface area contributed by atoms with Crippen LogP contribution in [-0.4, -0.2) is 26.7 Å². The van der Waals surface area contributed by atoms with E-state index in [0.29, 0.717) is 0 Å². The Morgan fingerprint density at radius 3 is 2.84 bits per heavy atom. The molecule has 0 saturated carbocycles. The monoisotopic (exact) mass is 257 g/mol. The van der Waals surface area contributed by atoms with Crippen LogP contribution in [0.5, 0.6) is 0 Å². The SMILES string of the molecule is C/C(=C\CO)CCc1cn(Cc2ccccc2)nn1. The second-order valence-electron chi connectivity index (χ2n) is 4.63.